The van der Waals surface area contributed by atoms with Crippen molar-refractivity contribution in [3.63, 3.8) is 0 Å². The lowest BCUT2D eigenvalue weighted by molar-refractivity contribution is -0.142. The number of hydrogen-bond donors (Lipinski definition) is 2. The van der Waals surface area contributed by atoms with E-state index >= 15 is 0 Å². The Labute approximate surface area is 343 Å². The van der Waals surface area contributed by atoms with E-state index in [4.69, 9.17) is 0 Å². The van der Waals surface area contributed by atoms with E-state index in [9.17, 15) is 36.6 Å². The van der Waals surface area contributed by atoms with Crippen LogP contribution in [0.2, 0.25) is 0 Å². The monoisotopic (exact) mass is 830 g/mol. The molecule has 0 amide bonds. The Morgan fingerprint density at radius 3 is 1.17 bits per heavy atom. The third-order valence-corrected chi connectivity index (χ3v) is 13.5. The number of rotatable bonds is 8. The van der Waals surface area contributed by atoms with Gasteiger partial charge in [-0.05, 0) is 159 Å². The highest BCUT2D eigenvalue weighted by Crippen LogP contribution is 2.50. The first kappa shape index (κ1) is 40.6. The van der Waals surface area contributed by atoms with E-state index in [2.05, 4.69) is 32.1 Å². The summed E-state index contributed by atoms with van der Waals surface area (Å²) in [6, 6.07) is 9.47. The second kappa shape index (κ2) is 16.2. The molecule has 316 valence electrons. The van der Waals surface area contributed by atoms with Gasteiger partial charge in [-0.25, -0.2) is 9.97 Å². The predicted molar refractivity (Wildman–Crippen MR) is 212 cm³/mol. The summed E-state index contributed by atoms with van der Waals surface area (Å²) in [7, 11) is 0. The summed E-state index contributed by atoms with van der Waals surface area (Å²) in [5.74, 6) is 1.73. The summed E-state index contributed by atoms with van der Waals surface area (Å²) in [5, 5.41) is 22.6. The molecular weight excluding hydrogens is 783 g/mol. The topological polar surface area (TPSA) is 101 Å². The molecule has 4 aliphatic rings. The number of aromatic nitrogens is 6. The molecule has 4 aliphatic carbocycles. The number of aliphatic hydroxyl groups is 2. The first-order valence-corrected chi connectivity index (χ1v) is 21.1. The highest BCUT2D eigenvalue weighted by molar-refractivity contribution is 5.60. The third-order valence-electron chi connectivity index (χ3n) is 13.5. The van der Waals surface area contributed by atoms with Gasteiger partial charge in [0.2, 0.25) is 0 Å². The Kier molecular flexibility index (Phi) is 11.0. The molecule has 2 N–H and O–H groups in total. The SMILES string of the molecule is O[C@@H](c1c(C2CC2)ccn2cncc12)C1CCC(c2ccc(C(F)(F)F)nc2)CC1.O[C@H](c1c(C2CC2)ccn2cncc12)C1CCC(c2ccc(C(F)(F)F)nc2)CC1. The average molecular weight is 831 g/mol. The van der Waals surface area contributed by atoms with Gasteiger partial charge >= 0.3 is 12.4 Å². The van der Waals surface area contributed by atoms with E-state index in [1.54, 1.807) is 24.8 Å². The largest absolute Gasteiger partial charge is 0.433 e. The van der Waals surface area contributed by atoms with Gasteiger partial charge in [-0.3, -0.25) is 9.97 Å². The van der Waals surface area contributed by atoms with E-state index in [-0.39, 0.29) is 23.7 Å². The standard InChI is InChI=1S/2C23H24F3N3O/c2*24-23(25,26)20-8-7-17(11-28-20)14-1-5-16(6-2-14)22(30)21-18(15-3-4-15)9-10-29-13-27-12-19(21)29/h2*7-16,22,30H,1-6H2/t2*14?,16?,22-/m10/s1. The highest BCUT2D eigenvalue weighted by Gasteiger charge is 2.38. The minimum absolute atomic E-state index is 0.141. The summed E-state index contributed by atoms with van der Waals surface area (Å²) in [6.45, 7) is 0. The minimum atomic E-state index is -4.41. The van der Waals surface area contributed by atoms with Crippen molar-refractivity contribution in [2.75, 3.05) is 0 Å². The molecule has 0 unspecified atom stereocenters. The van der Waals surface area contributed by atoms with Crippen molar-refractivity contribution in [2.24, 2.45) is 11.8 Å². The summed E-state index contributed by atoms with van der Waals surface area (Å²) < 4.78 is 80.4. The van der Waals surface area contributed by atoms with Gasteiger partial charge in [-0.15, -0.1) is 0 Å². The van der Waals surface area contributed by atoms with Crippen LogP contribution in [-0.4, -0.2) is 39.0 Å². The molecule has 0 bridgehead atoms. The number of nitrogens with zero attached hydrogens (tertiary/aromatic N) is 6. The van der Waals surface area contributed by atoms with Crippen molar-refractivity contribution in [3.05, 3.63) is 131 Å². The maximum atomic E-state index is 12.7. The van der Waals surface area contributed by atoms with Crippen LogP contribution in [0.4, 0.5) is 26.3 Å². The van der Waals surface area contributed by atoms with E-state index in [1.807, 2.05) is 33.6 Å². The van der Waals surface area contributed by atoms with Gasteiger partial charge in [0, 0.05) is 35.9 Å². The molecule has 0 saturated heterocycles. The van der Waals surface area contributed by atoms with Gasteiger partial charge in [0.15, 0.2) is 0 Å². The molecule has 2 atom stereocenters. The van der Waals surface area contributed by atoms with E-state index in [0.717, 1.165) is 122 Å². The fourth-order valence-corrected chi connectivity index (χ4v) is 9.84. The number of hydrogen-bond acceptors (Lipinski definition) is 6. The lowest BCUT2D eigenvalue weighted by atomic mass is 9.75. The molecule has 6 heterocycles. The fourth-order valence-electron chi connectivity index (χ4n) is 9.84. The molecule has 0 aliphatic heterocycles. The molecule has 10 rings (SSSR count). The molecule has 0 spiro atoms. The number of pyridine rings is 4. The maximum Gasteiger partial charge on any atom is 0.433 e. The number of imidazole rings is 2. The third kappa shape index (κ3) is 8.41. The Bertz CT molecular complexity index is 2230. The molecule has 4 saturated carbocycles. The van der Waals surface area contributed by atoms with Gasteiger partial charge in [-0.1, -0.05) is 12.1 Å². The summed E-state index contributed by atoms with van der Waals surface area (Å²) >= 11 is 0. The van der Waals surface area contributed by atoms with E-state index in [1.165, 1.54) is 23.5 Å². The molecule has 0 radical (unpaired) electrons. The van der Waals surface area contributed by atoms with Crippen LogP contribution in [0, 0.1) is 11.8 Å². The van der Waals surface area contributed by atoms with Crippen molar-refractivity contribution < 1.29 is 36.6 Å². The van der Waals surface area contributed by atoms with Crippen molar-refractivity contribution in [3.8, 4) is 0 Å². The molecule has 6 aromatic rings. The summed E-state index contributed by atoms with van der Waals surface area (Å²) in [5.41, 5.74) is 6.46. The smallest absolute Gasteiger partial charge is 0.388 e. The van der Waals surface area contributed by atoms with Gasteiger partial charge in [-0.2, -0.15) is 26.3 Å². The van der Waals surface area contributed by atoms with Crippen molar-refractivity contribution in [1.29, 1.82) is 0 Å². The zero-order chi connectivity index (χ0) is 41.8. The normalized spacial score (nSPS) is 23.6. The fraction of sp³-hybridized carbons (Fsp3) is 0.478. The lowest BCUT2D eigenvalue weighted by Crippen LogP contribution is -2.21. The average Bonchev–Trinajstić information content (AvgIpc) is 4.19. The molecule has 14 heteroatoms. The quantitative estimate of drug-likeness (QED) is 0.148. The molecule has 8 nitrogen and oxygen atoms in total. The Morgan fingerprint density at radius 1 is 0.483 bits per heavy atom. The van der Waals surface area contributed by atoms with E-state index < -0.39 is 35.9 Å². The van der Waals surface area contributed by atoms with Crippen LogP contribution in [0.1, 0.15) is 158 Å². The molecule has 60 heavy (non-hydrogen) atoms. The van der Waals surface area contributed by atoms with Gasteiger partial charge in [0.25, 0.3) is 0 Å². The second-order valence-electron chi connectivity index (χ2n) is 17.4. The molecule has 6 aromatic heterocycles. The number of alkyl halides is 6. The van der Waals surface area contributed by atoms with Crippen LogP contribution in [0.5, 0.6) is 0 Å². The van der Waals surface area contributed by atoms with Crippen molar-refractivity contribution >= 4 is 11.0 Å². The zero-order valence-electron chi connectivity index (χ0n) is 33.0. The second-order valence-corrected chi connectivity index (χ2v) is 17.4. The molecular formula is C46H48F6N6O2. The van der Waals surface area contributed by atoms with Gasteiger partial charge in [0.05, 0.1) is 48.3 Å². The lowest BCUT2D eigenvalue weighted by Gasteiger charge is -2.33. The first-order chi connectivity index (χ1) is 28.8. The minimum Gasteiger partial charge on any atom is -0.388 e. The Morgan fingerprint density at radius 2 is 0.850 bits per heavy atom. The Balaban J connectivity index is 0.000000154. The highest BCUT2D eigenvalue weighted by atomic mass is 19.4. The van der Waals surface area contributed by atoms with Crippen LogP contribution < -0.4 is 0 Å². The van der Waals surface area contributed by atoms with Gasteiger partial charge in [0.1, 0.15) is 11.4 Å². The number of fused-ring (bicyclic) bond motifs is 2. The van der Waals surface area contributed by atoms with Crippen molar-refractivity contribution in [2.45, 2.75) is 125 Å². The summed E-state index contributed by atoms with van der Waals surface area (Å²) in [6.07, 6.45) is 15.4. The zero-order valence-corrected chi connectivity index (χ0v) is 33.0. The first-order valence-electron chi connectivity index (χ1n) is 21.1. The van der Waals surface area contributed by atoms with E-state index in [0.29, 0.717) is 11.8 Å². The van der Waals surface area contributed by atoms with Crippen LogP contribution in [0.3, 0.4) is 0 Å². The van der Waals surface area contributed by atoms with Crippen LogP contribution in [0.25, 0.3) is 11.0 Å². The summed E-state index contributed by atoms with van der Waals surface area (Å²) in [4.78, 5) is 15.7. The molecule has 0 aromatic carbocycles. The van der Waals surface area contributed by atoms with Crippen LogP contribution in [0.15, 0.2) is 86.2 Å². The molecule has 4 fully saturated rings. The number of halogens is 6. The van der Waals surface area contributed by atoms with Crippen LogP contribution in [-0.2, 0) is 12.4 Å². The Hall–Kier alpha value is -4.82. The maximum absolute atomic E-state index is 12.7. The number of aliphatic hydroxyl groups excluding tert-OH is 2. The van der Waals surface area contributed by atoms with Crippen molar-refractivity contribution in [1.82, 2.24) is 28.7 Å². The predicted octanol–water partition coefficient (Wildman–Crippen LogP) is 11.3. The van der Waals surface area contributed by atoms with Gasteiger partial charge < -0.3 is 19.0 Å². The van der Waals surface area contributed by atoms with Crippen LogP contribution >= 0.6 is 0 Å².